The molecule has 0 unspecified atom stereocenters. The quantitative estimate of drug-likeness (QED) is 0.444. The van der Waals surface area contributed by atoms with Gasteiger partial charge in [0.2, 0.25) is 0 Å². The number of aliphatic carboxylic acids is 1. The molecule has 0 saturated heterocycles. The minimum absolute atomic E-state index is 0.0127. The van der Waals surface area contributed by atoms with E-state index in [4.69, 9.17) is 0 Å². The molecule has 4 fully saturated rings. The van der Waals surface area contributed by atoms with Crippen LogP contribution >= 0.6 is 0 Å². The normalized spacial score (nSPS) is 54.3. The van der Waals surface area contributed by atoms with Crippen LogP contribution in [0, 0.1) is 57.2 Å². The Balaban J connectivity index is 1.57. The third kappa shape index (κ3) is 2.72. The Bertz CT molecular complexity index is 828. The van der Waals surface area contributed by atoms with E-state index in [9.17, 15) is 15.0 Å². The van der Waals surface area contributed by atoms with Crippen LogP contribution in [-0.2, 0) is 4.79 Å². The van der Waals surface area contributed by atoms with Crippen LogP contribution in [0.2, 0.25) is 0 Å². The summed E-state index contributed by atoms with van der Waals surface area (Å²) >= 11 is 0. The molecule has 4 saturated carbocycles. The van der Waals surface area contributed by atoms with Crippen molar-refractivity contribution < 1.29 is 15.0 Å². The monoisotopic (exact) mass is 442 g/mol. The first-order chi connectivity index (χ1) is 14.9. The number of carboxylic acids is 1. The van der Waals surface area contributed by atoms with Crippen LogP contribution in [0.15, 0.2) is 11.6 Å². The van der Waals surface area contributed by atoms with Crippen molar-refractivity contribution in [2.24, 2.45) is 57.2 Å². The molecule has 0 spiro atoms. The number of hydrogen-bond donors (Lipinski definition) is 2. The summed E-state index contributed by atoms with van der Waals surface area (Å²) < 4.78 is 0. The first-order valence-electron chi connectivity index (χ1n) is 13.5. The van der Waals surface area contributed by atoms with E-state index in [1.165, 1.54) is 18.4 Å². The highest BCUT2D eigenvalue weighted by Gasteiger charge is 2.65. The number of fused-ring (bicyclic) bond motifs is 7. The van der Waals surface area contributed by atoms with Gasteiger partial charge in [-0.15, -0.1) is 0 Å². The van der Waals surface area contributed by atoms with Crippen molar-refractivity contribution in [3.63, 3.8) is 0 Å². The second kappa shape index (κ2) is 7.09. The molecule has 0 aromatic rings. The van der Waals surface area contributed by atoms with Crippen molar-refractivity contribution in [1.29, 1.82) is 0 Å². The number of carboxylic acid groups (broad SMARTS) is 1. The van der Waals surface area contributed by atoms with Gasteiger partial charge in [-0.1, -0.05) is 53.2 Å². The second-order valence-corrected chi connectivity index (χ2v) is 13.9. The lowest BCUT2D eigenvalue weighted by Crippen LogP contribution is -2.61. The maximum Gasteiger partial charge on any atom is 0.310 e. The van der Waals surface area contributed by atoms with Gasteiger partial charge in [0, 0.05) is 0 Å². The van der Waals surface area contributed by atoms with Crippen LogP contribution in [0.1, 0.15) is 99.3 Å². The molecule has 5 aliphatic rings. The van der Waals surface area contributed by atoms with E-state index in [1.54, 1.807) is 0 Å². The summed E-state index contributed by atoms with van der Waals surface area (Å²) in [5, 5.41) is 21.3. The van der Waals surface area contributed by atoms with Crippen molar-refractivity contribution in [2.75, 3.05) is 0 Å². The standard InChI is InChI=1S/C29H46O3/c1-17-11-14-29(25(31)32)16-15-27(5)19-9-10-22-26(3,4)23(30)12-13-28(22,6)20(19)7-8-21(27)24(29)18(17)2/h8,17-20,22-24,30H,7,9-16H2,1-6H3,(H,31,32)/t17-,18+,19+,20-,22-,23-,24-,27+,28-,29-/m1/s1. The zero-order chi connectivity index (χ0) is 23.3. The number of hydrogen-bond acceptors (Lipinski definition) is 2. The van der Waals surface area contributed by atoms with Gasteiger partial charge in [0.25, 0.3) is 0 Å². The van der Waals surface area contributed by atoms with Crippen LogP contribution in [0.25, 0.3) is 0 Å². The predicted octanol–water partition coefficient (Wildman–Crippen LogP) is 6.70. The van der Waals surface area contributed by atoms with Crippen molar-refractivity contribution in [2.45, 2.75) is 105 Å². The van der Waals surface area contributed by atoms with E-state index >= 15 is 0 Å². The van der Waals surface area contributed by atoms with Gasteiger partial charge in [0.15, 0.2) is 0 Å². The zero-order valence-corrected chi connectivity index (χ0v) is 21.3. The van der Waals surface area contributed by atoms with Crippen LogP contribution in [0.5, 0.6) is 0 Å². The van der Waals surface area contributed by atoms with Gasteiger partial charge in [-0.3, -0.25) is 4.79 Å². The third-order valence-corrected chi connectivity index (χ3v) is 12.6. The lowest BCUT2D eigenvalue weighted by molar-refractivity contribution is -0.178. The van der Waals surface area contributed by atoms with Crippen LogP contribution in [0.3, 0.4) is 0 Å². The topological polar surface area (TPSA) is 57.5 Å². The number of carbonyl (C=O) groups is 1. The zero-order valence-electron chi connectivity index (χ0n) is 21.3. The fourth-order valence-corrected chi connectivity index (χ4v) is 10.4. The highest BCUT2D eigenvalue weighted by molar-refractivity contribution is 5.76. The van der Waals surface area contributed by atoms with Gasteiger partial charge in [-0.05, 0) is 110 Å². The first kappa shape index (κ1) is 22.9. The molecule has 2 N–H and O–H groups in total. The molecule has 0 aromatic heterocycles. The Hall–Kier alpha value is -0.830. The minimum atomic E-state index is -0.540. The first-order valence-corrected chi connectivity index (χ1v) is 13.5. The Morgan fingerprint density at radius 2 is 1.66 bits per heavy atom. The smallest absolute Gasteiger partial charge is 0.310 e. The fourth-order valence-electron chi connectivity index (χ4n) is 10.4. The molecule has 0 aliphatic heterocycles. The lowest BCUT2D eigenvalue weighted by Gasteiger charge is -2.67. The molecule has 5 rings (SSSR count). The Kier molecular flexibility index (Phi) is 5.08. The van der Waals surface area contributed by atoms with E-state index in [2.05, 4.69) is 47.6 Å². The Morgan fingerprint density at radius 1 is 0.938 bits per heavy atom. The molecular formula is C29H46O3. The Labute approximate surface area is 195 Å². The van der Waals surface area contributed by atoms with Gasteiger partial charge < -0.3 is 10.2 Å². The van der Waals surface area contributed by atoms with Gasteiger partial charge in [0.1, 0.15) is 0 Å². The van der Waals surface area contributed by atoms with E-state index < -0.39 is 11.4 Å². The number of aliphatic hydroxyl groups excluding tert-OH is 1. The molecule has 3 nitrogen and oxygen atoms in total. The average Bonchev–Trinajstić information content (AvgIpc) is 2.73. The fraction of sp³-hybridized carbons (Fsp3) is 0.897. The Morgan fingerprint density at radius 3 is 2.34 bits per heavy atom. The summed E-state index contributed by atoms with van der Waals surface area (Å²) in [7, 11) is 0. The van der Waals surface area contributed by atoms with E-state index in [0.717, 1.165) is 44.9 Å². The molecule has 5 aliphatic carbocycles. The minimum Gasteiger partial charge on any atom is -0.481 e. The summed E-state index contributed by atoms with van der Waals surface area (Å²) in [6.07, 6.45) is 11.8. The lowest BCUT2D eigenvalue weighted by atomic mass is 9.37. The summed E-state index contributed by atoms with van der Waals surface area (Å²) in [6, 6.07) is 0. The molecular weight excluding hydrogens is 396 g/mol. The highest BCUT2D eigenvalue weighted by atomic mass is 16.4. The van der Waals surface area contributed by atoms with E-state index in [-0.39, 0.29) is 28.3 Å². The third-order valence-electron chi connectivity index (χ3n) is 12.6. The summed E-state index contributed by atoms with van der Waals surface area (Å²) in [4.78, 5) is 12.7. The average molecular weight is 443 g/mol. The summed E-state index contributed by atoms with van der Waals surface area (Å²) in [6.45, 7) is 14.3. The van der Waals surface area contributed by atoms with Gasteiger partial charge in [-0.2, -0.15) is 0 Å². The van der Waals surface area contributed by atoms with Crippen LogP contribution in [0.4, 0.5) is 0 Å². The van der Waals surface area contributed by atoms with Gasteiger partial charge in [0.05, 0.1) is 11.5 Å². The number of allylic oxidation sites excluding steroid dienone is 2. The van der Waals surface area contributed by atoms with Crippen molar-refractivity contribution >= 4 is 5.97 Å². The largest absolute Gasteiger partial charge is 0.481 e. The molecule has 0 radical (unpaired) electrons. The molecule has 0 bridgehead atoms. The molecule has 10 atom stereocenters. The SMILES string of the molecule is C[C@H]1[C@H](C)CC[C@@]2(C(=O)O)CC[C@]3(C)C(=CC[C@@H]4[C@@H]3CC[C@@H]3C(C)(C)[C@H](O)CC[C@]43C)[C@@H]12. The molecule has 0 amide bonds. The van der Waals surface area contributed by atoms with Gasteiger partial charge >= 0.3 is 5.97 Å². The van der Waals surface area contributed by atoms with Crippen molar-refractivity contribution in [1.82, 2.24) is 0 Å². The number of rotatable bonds is 1. The highest BCUT2D eigenvalue weighted by Crippen LogP contribution is 2.71. The summed E-state index contributed by atoms with van der Waals surface area (Å²) in [5.41, 5.74) is 1.41. The van der Waals surface area contributed by atoms with Crippen molar-refractivity contribution in [3.8, 4) is 0 Å². The van der Waals surface area contributed by atoms with Crippen LogP contribution < -0.4 is 0 Å². The van der Waals surface area contributed by atoms with Crippen LogP contribution in [-0.4, -0.2) is 22.3 Å². The van der Waals surface area contributed by atoms with E-state index in [1.807, 2.05) is 0 Å². The molecule has 0 heterocycles. The second-order valence-electron chi connectivity index (χ2n) is 13.9. The predicted molar refractivity (Wildman–Crippen MR) is 128 cm³/mol. The van der Waals surface area contributed by atoms with Crippen molar-refractivity contribution in [3.05, 3.63) is 11.6 Å². The molecule has 3 heteroatoms. The number of aliphatic hydroxyl groups is 1. The maximum atomic E-state index is 12.7. The molecule has 180 valence electrons. The molecule has 0 aromatic carbocycles. The van der Waals surface area contributed by atoms with E-state index in [0.29, 0.717) is 29.6 Å². The van der Waals surface area contributed by atoms with Gasteiger partial charge in [-0.25, -0.2) is 0 Å². The molecule has 32 heavy (non-hydrogen) atoms. The summed E-state index contributed by atoms with van der Waals surface area (Å²) in [5.74, 6) is 2.61. The maximum absolute atomic E-state index is 12.7.